The van der Waals surface area contributed by atoms with Crippen LogP contribution in [0.5, 0.6) is 0 Å². The minimum absolute atomic E-state index is 0.0389. The zero-order chi connectivity index (χ0) is 15.5. The first-order valence-corrected chi connectivity index (χ1v) is 7.22. The van der Waals surface area contributed by atoms with Crippen molar-refractivity contribution in [3.63, 3.8) is 0 Å². The average Bonchev–Trinajstić information content (AvgIpc) is 2.44. The zero-order valence-corrected chi connectivity index (χ0v) is 12.6. The van der Waals surface area contributed by atoms with Gasteiger partial charge >= 0.3 is 0 Å². The number of nitrogens with one attached hydrogen (secondary N) is 1. The lowest BCUT2D eigenvalue weighted by Crippen LogP contribution is -2.51. The fourth-order valence-electron chi connectivity index (χ4n) is 2.51. The van der Waals surface area contributed by atoms with Gasteiger partial charge in [-0.1, -0.05) is 17.7 Å². The number of piperidine rings is 1. The van der Waals surface area contributed by atoms with Gasteiger partial charge < -0.3 is 15.3 Å². The molecule has 0 radical (unpaired) electrons. The molecule has 5 heteroatoms. The summed E-state index contributed by atoms with van der Waals surface area (Å²) in [5.41, 5.74) is 0.798. The molecule has 1 fully saturated rings. The van der Waals surface area contributed by atoms with Gasteiger partial charge in [-0.2, -0.15) is 0 Å². The Kier molecular flexibility index (Phi) is 4.63. The van der Waals surface area contributed by atoms with E-state index in [1.165, 1.54) is 0 Å². The maximum Gasteiger partial charge on any atom is 0.251 e. The van der Waals surface area contributed by atoms with Crippen LogP contribution in [0.3, 0.4) is 0 Å². The van der Waals surface area contributed by atoms with Crippen molar-refractivity contribution in [3.8, 4) is 0 Å². The van der Waals surface area contributed by atoms with E-state index in [0.717, 1.165) is 12.0 Å². The third-order valence-electron chi connectivity index (χ3n) is 3.74. The number of benzene rings is 1. The lowest BCUT2D eigenvalue weighted by molar-refractivity contribution is -0.136. The monoisotopic (exact) mass is 290 g/mol. The highest BCUT2D eigenvalue weighted by molar-refractivity contribution is 5.96. The summed E-state index contributed by atoms with van der Waals surface area (Å²) in [6.07, 6.45) is 1.48. The van der Waals surface area contributed by atoms with Crippen LogP contribution >= 0.6 is 0 Å². The maximum absolute atomic E-state index is 12.1. The molecule has 0 aliphatic carbocycles. The molecule has 1 unspecified atom stereocenters. The van der Waals surface area contributed by atoms with Crippen molar-refractivity contribution in [1.82, 2.24) is 10.2 Å². The minimum atomic E-state index is -0.825. The molecule has 2 amide bonds. The van der Waals surface area contributed by atoms with Crippen molar-refractivity contribution < 1.29 is 14.7 Å². The molecule has 1 aromatic carbocycles. The topological polar surface area (TPSA) is 69.6 Å². The molecule has 114 valence electrons. The first-order chi connectivity index (χ1) is 9.87. The molecule has 0 saturated carbocycles. The Hall–Kier alpha value is -1.88. The van der Waals surface area contributed by atoms with E-state index in [0.29, 0.717) is 25.1 Å². The second-order valence-electron chi connectivity index (χ2n) is 5.96. The number of rotatable bonds is 3. The Bertz CT molecular complexity index is 523. The Labute approximate surface area is 125 Å². The van der Waals surface area contributed by atoms with Gasteiger partial charge in [0.2, 0.25) is 5.91 Å². The van der Waals surface area contributed by atoms with Gasteiger partial charge in [0.05, 0.1) is 12.1 Å². The molecule has 5 nitrogen and oxygen atoms in total. The van der Waals surface area contributed by atoms with E-state index in [4.69, 9.17) is 0 Å². The van der Waals surface area contributed by atoms with Crippen LogP contribution in [0.15, 0.2) is 24.3 Å². The van der Waals surface area contributed by atoms with Crippen LogP contribution in [0.25, 0.3) is 0 Å². The molecule has 2 rings (SSSR count). The van der Waals surface area contributed by atoms with Crippen LogP contribution in [-0.2, 0) is 4.79 Å². The van der Waals surface area contributed by atoms with Crippen LogP contribution in [0, 0.1) is 6.92 Å². The van der Waals surface area contributed by atoms with Crippen molar-refractivity contribution in [2.75, 3.05) is 19.6 Å². The van der Waals surface area contributed by atoms with Crippen LogP contribution in [0.2, 0.25) is 0 Å². The normalized spacial score (nSPS) is 22.0. The van der Waals surface area contributed by atoms with E-state index in [9.17, 15) is 14.7 Å². The molecule has 0 bridgehead atoms. The van der Waals surface area contributed by atoms with Crippen molar-refractivity contribution in [3.05, 3.63) is 35.4 Å². The van der Waals surface area contributed by atoms with Crippen LogP contribution in [-0.4, -0.2) is 47.1 Å². The summed E-state index contributed by atoms with van der Waals surface area (Å²) in [6.45, 7) is 4.61. The van der Waals surface area contributed by atoms with Crippen molar-refractivity contribution in [2.24, 2.45) is 0 Å². The molecule has 0 spiro atoms. The van der Waals surface area contributed by atoms with Gasteiger partial charge in [-0.3, -0.25) is 9.59 Å². The second kappa shape index (κ2) is 6.26. The largest absolute Gasteiger partial charge is 0.388 e. The number of carbonyl (C=O) groups excluding carboxylic acids is 2. The number of aliphatic hydroxyl groups is 1. The highest BCUT2D eigenvalue weighted by Gasteiger charge is 2.30. The molecular weight excluding hydrogens is 268 g/mol. The third kappa shape index (κ3) is 4.29. The van der Waals surface area contributed by atoms with Crippen molar-refractivity contribution in [2.45, 2.75) is 32.3 Å². The number of carbonyl (C=O) groups is 2. The molecule has 21 heavy (non-hydrogen) atoms. The predicted molar refractivity (Wildman–Crippen MR) is 80.0 cm³/mol. The summed E-state index contributed by atoms with van der Waals surface area (Å²) in [7, 11) is 0. The van der Waals surface area contributed by atoms with Crippen LogP contribution in [0.4, 0.5) is 0 Å². The fourth-order valence-corrected chi connectivity index (χ4v) is 2.51. The Balaban J connectivity index is 1.86. The van der Waals surface area contributed by atoms with E-state index in [1.54, 1.807) is 24.0 Å². The lowest BCUT2D eigenvalue weighted by Gasteiger charge is -2.36. The van der Waals surface area contributed by atoms with Crippen LogP contribution in [0.1, 0.15) is 35.7 Å². The van der Waals surface area contributed by atoms with E-state index in [2.05, 4.69) is 5.32 Å². The van der Waals surface area contributed by atoms with Gasteiger partial charge in [0.1, 0.15) is 0 Å². The maximum atomic E-state index is 12.1. The second-order valence-corrected chi connectivity index (χ2v) is 5.96. The molecule has 1 saturated heterocycles. The summed E-state index contributed by atoms with van der Waals surface area (Å²) in [5.74, 6) is -0.414. The molecule has 0 aromatic heterocycles. The first-order valence-electron chi connectivity index (χ1n) is 7.22. The van der Waals surface area contributed by atoms with E-state index in [1.807, 2.05) is 19.1 Å². The molecule has 1 aromatic rings. The molecule has 1 heterocycles. The molecule has 1 aliphatic rings. The molecule has 2 N–H and O–H groups in total. The van der Waals surface area contributed by atoms with Gasteiger partial charge in [0.15, 0.2) is 0 Å². The third-order valence-corrected chi connectivity index (χ3v) is 3.74. The quantitative estimate of drug-likeness (QED) is 0.876. The summed E-state index contributed by atoms with van der Waals surface area (Å²) in [4.78, 5) is 25.6. The van der Waals surface area contributed by atoms with Gasteiger partial charge in [-0.15, -0.1) is 0 Å². The van der Waals surface area contributed by atoms with Crippen LogP contribution < -0.4 is 5.32 Å². The number of β-amino-alcohol motifs (C(OH)–C–C–N with tert-alkyl or cyclic N) is 1. The Morgan fingerprint density at radius 3 is 2.62 bits per heavy atom. The Morgan fingerprint density at radius 2 is 2.00 bits per heavy atom. The van der Waals surface area contributed by atoms with Crippen molar-refractivity contribution >= 4 is 11.8 Å². The van der Waals surface area contributed by atoms with E-state index >= 15 is 0 Å². The lowest BCUT2D eigenvalue weighted by atomic mass is 9.95. The smallest absolute Gasteiger partial charge is 0.251 e. The van der Waals surface area contributed by atoms with Gasteiger partial charge in [0.25, 0.3) is 5.91 Å². The summed E-state index contributed by atoms with van der Waals surface area (Å²) in [5, 5.41) is 12.6. The minimum Gasteiger partial charge on any atom is -0.388 e. The number of hydrogen-bond donors (Lipinski definition) is 2. The first kappa shape index (κ1) is 15.5. The van der Waals surface area contributed by atoms with Gasteiger partial charge in [-0.05, 0) is 38.8 Å². The van der Waals surface area contributed by atoms with Gasteiger partial charge in [-0.25, -0.2) is 0 Å². The van der Waals surface area contributed by atoms with E-state index < -0.39 is 5.60 Å². The standard InChI is InChI=1S/C16H22N2O3/c1-12-4-6-13(7-5-12)15(20)17-10-14(19)18-9-3-8-16(2,21)11-18/h4-7,21H,3,8-11H2,1-2H3,(H,17,20). The average molecular weight is 290 g/mol. The Morgan fingerprint density at radius 1 is 1.33 bits per heavy atom. The SMILES string of the molecule is Cc1ccc(C(=O)NCC(=O)N2CCCC(C)(O)C2)cc1. The summed E-state index contributed by atoms with van der Waals surface area (Å²) >= 11 is 0. The van der Waals surface area contributed by atoms with E-state index in [-0.39, 0.29) is 18.4 Å². The number of aryl methyl sites for hydroxylation is 1. The predicted octanol–water partition coefficient (Wildman–Crippen LogP) is 1.10. The number of hydrogen-bond acceptors (Lipinski definition) is 3. The van der Waals surface area contributed by atoms with Crippen molar-refractivity contribution in [1.29, 1.82) is 0 Å². The summed E-state index contributed by atoms with van der Waals surface area (Å²) in [6, 6.07) is 7.19. The molecular formula is C16H22N2O3. The number of nitrogens with zero attached hydrogens (tertiary/aromatic N) is 1. The molecule has 1 aliphatic heterocycles. The summed E-state index contributed by atoms with van der Waals surface area (Å²) < 4.78 is 0. The highest BCUT2D eigenvalue weighted by atomic mass is 16.3. The highest BCUT2D eigenvalue weighted by Crippen LogP contribution is 2.19. The van der Waals surface area contributed by atoms with Gasteiger partial charge in [0, 0.05) is 18.7 Å². The molecule has 1 atom stereocenters. The number of amides is 2. The fraction of sp³-hybridized carbons (Fsp3) is 0.500. The number of likely N-dealkylation sites (tertiary alicyclic amines) is 1. The zero-order valence-electron chi connectivity index (χ0n) is 12.6.